The minimum absolute atomic E-state index is 0.161. The number of nitrogens with zero attached hydrogens (tertiary/aromatic N) is 2. The molecule has 25 heavy (non-hydrogen) atoms. The molecule has 0 atom stereocenters. The van der Waals surface area contributed by atoms with Crippen LogP contribution in [0.4, 0.5) is 13.2 Å². The number of hydrogen-bond acceptors (Lipinski definition) is 4. The van der Waals surface area contributed by atoms with Crippen LogP contribution in [-0.2, 0) is 12.8 Å². The first kappa shape index (κ1) is 19.0. The van der Waals surface area contributed by atoms with E-state index >= 15 is 0 Å². The molecule has 0 amide bonds. The maximum Gasteiger partial charge on any atom is 0.422 e. The first-order chi connectivity index (χ1) is 12.0. The fraction of sp³-hybridized carbons (Fsp3) is 0.833. The fourth-order valence-corrected chi connectivity index (χ4v) is 4.78. The molecule has 3 rings (SSSR count). The van der Waals surface area contributed by atoms with Crippen molar-refractivity contribution in [1.29, 1.82) is 0 Å². The molecule has 1 aromatic rings. The number of thiazole rings is 1. The average molecular weight is 376 g/mol. The van der Waals surface area contributed by atoms with Gasteiger partial charge in [0.1, 0.15) is 0 Å². The van der Waals surface area contributed by atoms with Crippen molar-refractivity contribution in [2.45, 2.75) is 64.0 Å². The minimum Gasteiger partial charge on any atom is -0.460 e. The van der Waals surface area contributed by atoms with Crippen LogP contribution in [0.2, 0.25) is 0 Å². The van der Waals surface area contributed by atoms with Gasteiger partial charge in [-0.15, -0.1) is 0 Å². The summed E-state index contributed by atoms with van der Waals surface area (Å²) in [5.74, 6) is 0.875. The lowest BCUT2D eigenvalue weighted by atomic mass is 9.96. The molecular formula is C18H27F3N2OS. The Morgan fingerprint density at radius 3 is 2.52 bits per heavy atom. The highest BCUT2D eigenvalue weighted by Gasteiger charge is 2.29. The Kier molecular flexibility index (Phi) is 6.61. The Hall–Kier alpha value is -0.820. The maximum absolute atomic E-state index is 12.2. The van der Waals surface area contributed by atoms with E-state index in [2.05, 4.69) is 9.88 Å². The lowest BCUT2D eigenvalue weighted by molar-refractivity contribution is -0.153. The molecule has 142 valence electrons. The van der Waals surface area contributed by atoms with Gasteiger partial charge in [0.15, 0.2) is 6.61 Å². The zero-order chi connectivity index (χ0) is 17.7. The predicted molar refractivity (Wildman–Crippen MR) is 93.3 cm³/mol. The van der Waals surface area contributed by atoms with E-state index in [0.29, 0.717) is 0 Å². The quantitative estimate of drug-likeness (QED) is 0.687. The third-order valence-corrected chi connectivity index (χ3v) is 6.34. The van der Waals surface area contributed by atoms with Gasteiger partial charge in [0, 0.05) is 24.4 Å². The number of aromatic nitrogens is 1. The van der Waals surface area contributed by atoms with Crippen LogP contribution in [0.1, 0.15) is 55.5 Å². The third kappa shape index (κ3) is 6.13. The minimum atomic E-state index is -4.31. The van der Waals surface area contributed by atoms with E-state index < -0.39 is 12.8 Å². The van der Waals surface area contributed by atoms with Crippen LogP contribution in [0.3, 0.4) is 0 Å². The van der Waals surface area contributed by atoms with Crippen molar-refractivity contribution >= 4 is 11.3 Å². The van der Waals surface area contributed by atoms with E-state index in [4.69, 9.17) is 4.74 Å². The molecule has 1 aromatic heterocycles. The molecule has 0 radical (unpaired) electrons. The molecule has 3 nitrogen and oxygen atoms in total. The predicted octanol–water partition coefficient (Wildman–Crippen LogP) is 4.85. The van der Waals surface area contributed by atoms with Crippen LogP contribution >= 0.6 is 11.3 Å². The van der Waals surface area contributed by atoms with Gasteiger partial charge in [0.05, 0.1) is 5.69 Å². The van der Waals surface area contributed by atoms with Crippen LogP contribution < -0.4 is 4.74 Å². The van der Waals surface area contributed by atoms with Gasteiger partial charge in [-0.2, -0.15) is 13.2 Å². The maximum atomic E-state index is 12.2. The number of rotatable bonds is 5. The Bertz CT molecular complexity index is 513. The first-order valence-corrected chi connectivity index (χ1v) is 10.2. The Morgan fingerprint density at radius 2 is 1.80 bits per heavy atom. The average Bonchev–Trinajstić information content (AvgIpc) is 2.73. The van der Waals surface area contributed by atoms with E-state index in [-0.39, 0.29) is 5.19 Å². The van der Waals surface area contributed by atoms with Gasteiger partial charge >= 0.3 is 6.18 Å². The molecule has 2 heterocycles. The molecule has 0 bridgehead atoms. The van der Waals surface area contributed by atoms with E-state index in [1.807, 2.05) is 0 Å². The van der Waals surface area contributed by atoms with Crippen molar-refractivity contribution in [3.05, 3.63) is 10.6 Å². The molecule has 1 aliphatic heterocycles. The Morgan fingerprint density at radius 1 is 1.08 bits per heavy atom. The molecule has 1 aliphatic carbocycles. The normalized spacial score (nSPS) is 20.8. The lowest BCUT2D eigenvalue weighted by Crippen LogP contribution is -2.29. The summed E-state index contributed by atoms with van der Waals surface area (Å²) in [6.45, 7) is 1.80. The standard InChI is InChI=1S/C18H27F3N2OS/c19-18(20,21)13-24-17-22-15-8-11-23(12-9-16(15)25-17)10-7-14-5-3-1-2-4-6-14/h14H,1-13H2. The largest absolute Gasteiger partial charge is 0.460 e. The van der Waals surface area contributed by atoms with E-state index in [1.54, 1.807) is 0 Å². The third-order valence-electron chi connectivity index (χ3n) is 5.27. The molecule has 0 saturated heterocycles. The second-order valence-electron chi connectivity index (χ2n) is 7.24. The van der Waals surface area contributed by atoms with Crippen LogP contribution in [0.5, 0.6) is 5.19 Å². The number of alkyl halides is 3. The Labute approximate surface area is 151 Å². The molecule has 0 unspecified atom stereocenters. The number of halogens is 3. The van der Waals surface area contributed by atoms with Crippen molar-refractivity contribution in [2.75, 3.05) is 26.2 Å². The second kappa shape index (κ2) is 8.71. The number of ether oxygens (including phenoxy) is 1. The molecule has 0 N–H and O–H groups in total. The SMILES string of the molecule is FC(F)(F)COc1nc2c(s1)CCN(CCC1CCCCCC1)CC2. The van der Waals surface area contributed by atoms with Gasteiger partial charge in [0.25, 0.3) is 5.19 Å². The van der Waals surface area contributed by atoms with E-state index in [0.717, 1.165) is 49.0 Å². The summed E-state index contributed by atoms with van der Waals surface area (Å²) in [6.07, 6.45) is 6.96. The van der Waals surface area contributed by atoms with Gasteiger partial charge in [-0.3, -0.25) is 0 Å². The van der Waals surface area contributed by atoms with Gasteiger partial charge < -0.3 is 9.64 Å². The Balaban J connectivity index is 1.45. The van der Waals surface area contributed by atoms with Crippen LogP contribution in [0.15, 0.2) is 0 Å². The van der Waals surface area contributed by atoms with Crippen molar-refractivity contribution in [2.24, 2.45) is 5.92 Å². The van der Waals surface area contributed by atoms with Gasteiger partial charge in [-0.1, -0.05) is 49.9 Å². The summed E-state index contributed by atoms with van der Waals surface area (Å²) in [6, 6.07) is 0. The number of hydrogen-bond donors (Lipinski definition) is 0. The van der Waals surface area contributed by atoms with E-state index in [1.165, 1.54) is 56.3 Å². The molecule has 1 saturated carbocycles. The molecule has 1 fully saturated rings. The van der Waals surface area contributed by atoms with Crippen molar-refractivity contribution < 1.29 is 17.9 Å². The highest BCUT2D eigenvalue weighted by atomic mass is 32.1. The van der Waals surface area contributed by atoms with Gasteiger partial charge in [0.2, 0.25) is 0 Å². The highest BCUT2D eigenvalue weighted by molar-refractivity contribution is 7.13. The van der Waals surface area contributed by atoms with Gasteiger partial charge in [-0.05, 0) is 25.3 Å². The zero-order valence-corrected chi connectivity index (χ0v) is 15.4. The van der Waals surface area contributed by atoms with Gasteiger partial charge in [-0.25, -0.2) is 4.98 Å². The summed E-state index contributed by atoms with van der Waals surface area (Å²) in [5, 5.41) is 0.161. The van der Waals surface area contributed by atoms with Crippen LogP contribution in [0.25, 0.3) is 0 Å². The molecule has 2 aliphatic rings. The number of fused-ring (bicyclic) bond motifs is 1. The second-order valence-corrected chi connectivity index (χ2v) is 8.29. The van der Waals surface area contributed by atoms with Crippen LogP contribution in [0, 0.1) is 5.92 Å². The van der Waals surface area contributed by atoms with E-state index in [9.17, 15) is 13.2 Å². The fourth-order valence-electron chi connectivity index (χ4n) is 3.83. The van der Waals surface area contributed by atoms with Crippen LogP contribution in [-0.4, -0.2) is 42.3 Å². The summed E-state index contributed by atoms with van der Waals surface area (Å²) in [4.78, 5) is 7.87. The monoisotopic (exact) mass is 376 g/mol. The topological polar surface area (TPSA) is 25.4 Å². The summed E-state index contributed by atoms with van der Waals surface area (Å²) < 4.78 is 41.5. The zero-order valence-electron chi connectivity index (χ0n) is 14.6. The molecule has 7 heteroatoms. The first-order valence-electron chi connectivity index (χ1n) is 9.40. The summed E-state index contributed by atoms with van der Waals surface area (Å²) >= 11 is 1.28. The van der Waals surface area contributed by atoms with Crippen molar-refractivity contribution in [1.82, 2.24) is 9.88 Å². The molecule has 0 spiro atoms. The summed E-state index contributed by atoms with van der Waals surface area (Å²) in [5.41, 5.74) is 0.930. The lowest BCUT2D eigenvalue weighted by Gasteiger charge is -2.23. The molecule has 0 aromatic carbocycles. The smallest absolute Gasteiger partial charge is 0.422 e. The molecular weight excluding hydrogens is 349 g/mol. The highest BCUT2D eigenvalue weighted by Crippen LogP contribution is 2.30. The van der Waals surface area contributed by atoms with Crippen molar-refractivity contribution in [3.63, 3.8) is 0 Å². The van der Waals surface area contributed by atoms with Crippen molar-refractivity contribution in [3.8, 4) is 5.19 Å². The summed E-state index contributed by atoms with van der Waals surface area (Å²) in [7, 11) is 0.